The van der Waals surface area contributed by atoms with Crippen molar-refractivity contribution in [3.8, 4) is 17.2 Å². The van der Waals surface area contributed by atoms with Crippen LogP contribution in [0.1, 0.15) is 11.7 Å². The van der Waals surface area contributed by atoms with Crippen LogP contribution in [0, 0.1) is 0 Å². The van der Waals surface area contributed by atoms with Gasteiger partial charge in [-0.05, 0) is 0 Å². The molecule has 0 fully saturated rings. The van der Waals surface area contributed by atoms with Crippen LogP contribution >= 0.6 is 0 Å². The molecule has 1 N–H and O–H groups in total. The molecular formula is C13H17F3O5. The summed E-state index contributed by atoms with van der Waals surface area (Å²) in [7, 11) is 4.17. The average molecular weight is 310 g/mol. The number of hydrogen-bond donors (Lipinski definition) is 1. The van der Waals surface area contributed by atoms with Crippen LogP contribution in [0.15, 0.2) is 12.1 Å². The van der Waals surface area contributed by atoms with E-state index in [1.54, 1.807) is 0 Å². The zero-order chi connectivity index (χ0) is 16.0. The fourth-order valence-corrected chi connectivity index (χ4v) is 1.73. The molecule has 0 saturated carbocycles. The van der Waals surface area contributed by atoms with Crippen LogP contribution in [0.4, 0.5) is 13.2 Å². The van der Waals surface area contributed by atoms with E-state index in [1.807, 2.05) is 0 Å². The van der Waals surface area contributed by atoms with Crippen LogP contribution in [-0.2, 0) is 4.74 Å². The Morgan fingerprint density at radius 1 is 1.05 bits per heavy atom. The van der Waals surface area contributed by atoms with Crippen LogP contribution in [0.3, 0.4) is 0 Å². The van der Waals surface area contributed by atoms with Crippen LogP contribution in [0.2, 0.25) is 0 Å². The van der Waals surface area contributed by atoms with Crippen molar-refractivity contribution < 1.29 is 37.2 Å². The molecule has 0 saturated heterocycles. The highest BCUT2D eigenvalue weighted by Gasteiger charge is 2.29. The number of alkyl halides is 3. The molecule has 5 nitrogen and oxygen atoms in total. The van der Waals surface area contributed by atoms with Gasteiger partial charge in [0.05, 0.1) is 33.5 Å². The topological polar surface area (TPSA) is 57.2 Å². The van der Waals surface area contributed by atoms with Gasteiger partial charge in [0, 0.05) is 12.1 Å². The van der Waals surface area contributed by atoms with Crippen molar-refractivity contribution in [3.63, 3.8) is 0 Å². The maximum absolute atomic E-state index is 12.0. The molecule has 8 heteroatoms. The van der Waals surface area contributed by atoms with Gasteiger partial charge in [-0.15, -0.1) is 0 Å². The minimum Gasteiger partial charge on any atom is -0.496 e. The summed E-state index contributed by atoms with van der Waals surface area (Å²) in [5.74, 6) is 0.888. The zero-order valence-corrected chi connectivity index (χ0v) is 11.9. The summed E-state index contributed by atoms with van der Waals surface area (Å²) in [5.41, 5.74) is 0.197. The standard InChI is InChI=1S/C13H17F3O5/c1-18-8-4-10(19-2)12(11(5-8)20-3)9(17)6-21-7-13(14,15)16/h4-5,9,17H,6-7H2,1-3H3. The molecule has 0 spiro atoms. The highest BCUT2D eigenvalue weighted by Crippen LogP contribution is 2.38. The lowest BCUT2D eigenvalue weighted by atomic mass is 10.1. The van der Waals surface area contributed by atoms with Gasteiger partial charge in [0.15, 0.2) is 0 Å². The molecule has 21 heavy (non-hydrogen) atoms. The van der Waals surface area contributed by atoms with Crippen molar-refractivity contribution in [2.45, 2.75) is 12.3 Å². The minimum atomic E-state index is -4.45. The van der Waals surface area contributed by atoms with Gasteiger partial charge < -0.3 is 24.1 Å². The Hall–Kier alpha value is -1.67. The Kier molecular flexibility index (Phi) is 6.10. The van der Waals surface area contributed by atoms with E-state index in [4.69, 9.17) is 14.2 Å². The van der Waals surface area contributed by atoms with Gasteiger partial charge in [-0.1, -0.05) is 0 Å². The largest absolute Gasteiger partial charge is 0.496 e. The lowest BCUT2D eigenvalue weighted by Gasteiger charge is -2.19. The summed E-state index contributed by atoms with van der Waals surface area (Å²) >= 11 is 0. The van der Waals surface area contributed by atoms with E-state index < -0.39 is 25.5 Å². The summed E-state index contributed by atoms with van der Waals surface area (Å²) in [6, 6.07) is 2.98. The third kappa shape index (κ3) is 4.98. The quantitative estimate of drug-likeness (QED) is 0.837. The lowest BCUT2D eigenvalue weighted by molar-refractivity contribution is -0.179. The van der Waals surface area contributed by atoms with Gasteiger partial charge >= 0.3 is 6.18 Å². The van der Waals surface area contributed by atoms with Crippen molar-refractivity contribution in [1.29, 1.82) is 0 Å². The normalized spacial score (nSPS) is 12.9. The van der Waals surface area contributed by atoms with Crippen molar-refractivity contribution in [2.24, 2.45) is 0 Å². The third-order valence-corrected chi connectivity index (χ3v) is 2.63. The molecule has 0 amide bonds. The first kappa shape index (κ1) is 17.4. The predicted octanol–water partition coefficient (Wildman–Crippen LogP) is 2.32. The average Bonchev–Trinajstić information content (AvgIpc) is 2.43. The summed E-state index contributed by atoms with van der Waals surface area (Å²) in [6.45, 7) is -1.98. The number of halogens is 3. The van der Waals surface area contributed by atoms with Crippen LogP contribution in [0.25, 0.3) is 0 Å². The van der Waals surface area contributed by atoms with Crippen LogP contribution < -0.4 is 14.2 Å². The second kappa shape index (κ2) is 7.37. The van der Waals surface area contributed by atoms with Crippen LogP contribution in [0.5, 0.6) is 17.2 Å². The highest BCUT2D eigenvalue weighted by atomic mass is 19.4. The molecule has 120 valence electrons. The molecule has 0 aliphatic rings. The number of ether oxygens (including phenoxy) is 4. The molecule has 1 aromatic rings. The molecule has 0 aromatic heterocycles. The van der Waals surface area contributed by atoms with Crippen molar-refractivity contribution in [1.82, 2.24) is 0 Å². The Morgan fingerprint density at radius 2 is 1.57 bits per heavy atom. The Balaban J connectivity index is 2.93. The first-order valence-corrected chi connectivity index (χ1v) is 5.94. The SMILES string of the molecule is COc1cc(OC)c(C(O)COCC(F)(F)F)c(OC)c1. The van der Waals surface area contributed by atoms with Crippen LogP contribution in [-0.4, -0.2) is 45.8 Å². The number of rotatable bonds is 7. The Bertz CT molecular complexity index is 437. The molecule has 1 atom stereocenters. The second-order valence-corrected chi connectivity index (χ2v) is 4.09. The molecule has 0 heterocycles. The van der Waals surface area contributed by atoms with Crippen molar-refractivity contribution in [2.75, 3.05) is 34.5 Å². The minimum absolute atomic E-state index is 0.197. The molecule has 0 aliphatic carbocycles. The monoisotopic (exact) mass is 310 g/mol. The van der Waals surface area contributed by atoms with Crippen molar-refractivity contribution >= 4 is 0 Å². The highest BCUT2D eigenvalue weighted by molar-refractivity contribution is 5.51. The zero-order valence-electron chi connectivity index (χ0n) is 11.9. The molecule has 1 unspecified atom stereocenters. The maximum Gasteiger partial charge on any atom is 0.411 e. The van der Waals surface area contributed by atoms with E-state index in [0.717, 1.165) is 0 Å². The van der Waals surface area contributed by atoms with E-state index in [1.165, 1.54) is 33.5 Å². The van der Waals surface area contributed by atoms with Gasteiger partial charge in [-0.2, -0.15) is 13.2 Å². The number of aliphatic hydroxyl groups is 1. The fraction of sp³-hybridized carbons (Fsp3) is 0.538. The molecule has 1 rings (SSSR count). The number of methoxy groups -OCH3 is 3. The van der Waals surface area contributed by atoms with Gasteiger partial charge in [-0.3, -0.25) is 0 Å². The lowest BCUT2D eigenvalue weighted by Crippen LogP contribution is -2.20. The second-order valence-electron chi connectivity index (χ2n) is 4.09. The molecule has 0 aliphatic heterocycles. The maximum atomic E-state index is 12.0. The smallest absolute Gasteiger partial charge is 0.411 e. The van der Waals surface area contributed by atoms with Gasteiger partial charge in [0.1, 0.15) is 30.0 Å². The molecule has 0 radical (unpaired) electrons. The Morgan fingerprint density at radius 3 is 1.95 bits per heavy atom. The Labute approximate surface area is 120 Å². The summed E-state index contributed by atoms with van der Waals surface area (Å²) in [6.07, 6.45) is -5.78. The van der Waals surface area contributed by atoms with Gasteiger partial charge in [0.2, 0.25) is 0 Å². The van der Waals surface area contributed by atoms with E-state index in [-0.39, 0.29) is 17.1 Å². The van der Waals surface area contributed by atoms with Crippen molar-refractivity contribution in [3.05, 3.63) is 17.7 Å². The summed E-state index contributed by atoms with van der Waals surface area (Å²) in [5, 5.41) is 10.0. The molecular weight excluding hydrogens is 293 g/mol. The first-order valence-electron chi connectivity index (χ1n) is 5.94. The molecule has 0 bridgehead atoms. The molecule has 1 aromatic carbocycles. The number of benzene rings is 1. The first-order chi connectivity index (χ1) is 9.82. The van der Waals surface area contributed by atoms with E-state index in [9.17, 15) is 18.3 Å². The summed E-state index contributed by atoms with van der Waals surface area (Å²) in [4.78, 5) is 0. The third-order valence-electron chi connectivity index (χ3n) is 2.63. The van der Waals surface area contributed by atoms with Gasteiger partial charge in [-0.25, -0.2) is 0 Å². The fourth-order valence-electron chi connectivity index (χ4n) is 1.73. The van der Waals surface area contributed by atoms with E-state index in [0.29, 0.717) is 5.75 Å². The van der Waals surface area contributed by atoms with E-state index >= 15 is 0 Å². The number of aliphatic hydroxyl groups excluding tert-OH is 1. The predicted molar refractivity (Wildman–Crippen MR) is 67.9 cm³/mol. The van der Waals surface area contributed by atoms with Gasteiger partial charge in [0.25, 0.3) is 0 Å². The van der Waals surface area contributed by atoms with E-state index in [2.05, 4.69) is 4.74 Å². The summed E-state index contributed by atoms with van der Waals surface area (Å²) < 4.78 is 55.8. The number of hydrogen-bond acceptors (Lipinski definition) is 5.